The van der Waals surface area contributed by atoms with Gasteiger partial charge in [-0.3, -0.25) is 10.4 Å². The van der Waals surface area contributed by atoms with Gasteiger partial charge >= 0.3 is 0 Å². The first-order chi connectivity index (χ1) is 8.25. The number of aliphatic imine (C=N–C) groups is 1. The molecule has 0 aliphatic carbocycles. The van der Waals surface area contributed by atoms with Gasteiger partial charge in [0.1, 0.15) is 5.84 Å². The van der Waals surface area contributed by atoms with Crippen molar-refractivity contribution in [1.82, 2.24) is 4.90 Å². The maximum absolute atomic E-state index is 8.21. The second kappa shape index (κ2) is 4.35. The molecule has 0 radical (unpaired) electrons. The zero-order valence-electron chi connectivity index (χ0n) is 9.19. The van der Waals surface area contributed by atoms with E-state index in [1.165, 1.54) is 0 Å². The van der Waals surface area contributed by atoms with Crippen LogP contribution in [0.4, 0.5) is 0 Å². The Kier molecular flexibility index (Phi) is 2.84. The second-order valence-corrected chi connectivity index (χ2v) is 5.61. The van der Waals surface area contributed by atoms with Gasteiger partial charge in [0.25, 0.3) is 0 Å². The van der Waals surface area contributed by atoms with Crippen LogP contribution in [0.3, 0.4) is 0 Å². The van der Waals surface area contributed by atoms with E-state index in [1.807, 2.05) is 29.2 Å². The molecule has 0 amide bonds. The van der Waals surface area contributed by atoms with Gasteiger partial charge in [-0.2, -0.15) is 0 Å². The summed E-state index contributed by atoms with van der Waals surface area (Å²) in [5.74, 6) is 0.649. The standard InChI is InChI=1S/C12H12ClN3S/c13-9-4-2-8(3-5-9)10-11(14)16-7-1-6-15-12(16)17-10/h2-5,10,14H,1,6-7H2/t10-/m0/s1. The topological polar surface area (TPSA) is 39.5 Å². The number of benzene rings is 1. The van der Waals surface area contributed by atoms with Gasteiger partial charge in [0, 0.05) is 18.1 Å². The van der Waals surface area contributed by atoms with Crippen LogP contribution in [0.15, 0.2) is 29.3 Å². The molecule has 3 rings (SSSR count). The Morgan fingerprint density at radius 2 is 2.12 bits per heavy atom. The predicted molar refractivity (Wildman–Crippen MR) is 73.1 cm³/mol. The molecular weight excluding hydrogens is 254 g/mol. The van der Waals surface area contributed by atoms with Crippen LogP contribution in [-0.4, -0.2) is 29.0 Å². The first-order valence-corrected chi connectivity index (χ1v) is 6.84. The molecule has 1 atom stereocenters. The smallest absolute Gasteiger partial charge is 0.165 e. The molecule has 1 aromatic rings. The summed E-state index contributed by atoms with van der Waals surface area (Å²) in [4.78, 5) is 6.50. The summed E-state index contributed by atoms with van der Waals surface area (Å²) in [5.41, 5.74) is 1.13. The molecule has 0 bridgehead atoms. The quantitative estimate of drug-likeness (QED) is 0.847. The van der Waals surface area contributed by atoms with Crippen molar-refractivity contribution in [3.63, 3.8) is 0 Å². The number of hydrogen-bond donors (Lipinski definition) is 1. The highest BCUT2D eigenvalue weighted by atomic mass is 35.5. The normalized spacial score (nSPS) is 23.6. The fourth-order valence-corrected chi connectivity index (χ4v) is 3.43. The summed E-state index contributed by atoms with van der Waals surface area (Å²) in [6.45, 7) is 1.81. The van der Waals surface area contributed by atoms with Crippen molar-refractivity contribution >= 4 is 34.4 Å². The lowest BCUT2D eigenvalue weighted by atomic mass is 10.1. The van der Waals surface area contributed by atoms with E-state index in [-0.39, 0.29) is 5.25 Å². The molecule has 1 aromatic carbocycles. The molecule has 1 N–H and O–H groups in total. The Hall–Kier alpha value is -1.00. The first-order valence-electron chi connectivity index (χ1n) is 5.58. The van der Waals surface area contributed by atoms with E-state index in [1.54, 1.807) is 11.8 Å². The lowest BCUT2D eigenvalue weighted by Gasteiger charge is -2.21. The summed E-state index contributed by atoms with van der Waals surface area (Å²) < 4.78 is 0. The average Bonchev–Trinajstić information content (AvgIpc) is 2.69. The maximum Gasteiger partial charge on any atom is 0.165 e. The number of thioether (sulfide) groups is 1. The van der Waals surface area contributed by atoms with Crippen molar-refractivity contribution in [3.8, 4) is 0 Å². The molecule has 3 nitrogen and oxygen atoms in total. The zero-order chi connectivity index (χ0) is 11.8. The number of nitrogens with zero attached hydrogens (tertiary/aromatic N) is 2. The van der Waals surface area contributed by atoms with E-state index in [2.05, 4.69) is 4.99 Å². The molecule has 0 spiro atoms. The van der Waals surface area contributed by atoms with Gasteiger partial charge in [0.2, 0.25) is 0 Å². The fraction of sp³-hybridized carbons (Fsp3) is 0.333. The van der Waals surface area contributed by atoms with Crippen LogP contribution in [-0.2, 0) is 0 Å². The molecular formula is C12H12ClN3S. The SMILES string of the molecule is N=C1[C@H](c2ccc(Cl)cc2)SC2=NCCCN12. The monoisotopic (exact) mass is 265 g/mol. The Balaban J connectivity index is 1.90. The summed E-state index contributed by atoms with van der Waals surface area (Å²) >= 11 is 7.55. The number of hydrogen-bond acceptors (Lipinski definition) is 3. The van der Waals surface area contributed by atoms with Crippen LogP contribution >= 0.6 is 23.4 Å². The van der Waals surface area contributed by atoms with Gasteiger partial charge in [-0.15, -0.1) is 0 Å². The Labute approximate surface area is 109 Å². The van der Waals surface area contributed by atoms with Crippen molar-refractivity contribution in [2.24, 2.45) is 4.99 Å². The third-order valence-corrected chi connectivity index (χ3v) is 4.50. The number of fused-ring (bicyclic) bond motifs is 1. The molecule has 0 aromatic heterocycles. The third kappa shape index (κ3) is 1.96. The third-order valence-electron chi connectivity index (χ3n) is 2.95. The van der Waals surface area contributed by atoms with E-state index in [4.69, 9.17) is 17.0 Å². The average molecular weight is 266 g/mol. The van der Waals surface area contributed by atoms with Crippen LogP contribution in [0.1, 0.15) is 17.2 Å². The van der Waals surface area contributed by atoms with Gasteiger partial charge in [0.05, 0.1) is 5.25 Å². The van der Waals surface area contributed by atoms with E-state index >= 15 is 0 Å². The molecule has 88 valence electrons. The minimum Gasteiger partial charge on any atom is -0.308 e. The van der Waals surface area contributed by atoms with E-state index in [9.17, 15) is 0 Å². The molecule has 17 heavy (non-hydrogen) atoms. The van der Waals surface area contributed by atoms with Gasteiger partial charge in [-0.25, -0.2) is 0 Å². The van der Waals surface area contributed by atoms with Crippen LogP contribution in [0.25, 0.3) is 0 Å². The Morgan fingerprint density at radius 1 is 1.35 bits per heavy atom. The summed E-state index contributed by atoms with van der Waals surface area (Å²) in [6.07, 6.45) is 1.04. The number of amidine groups is 2. The van der Waals surface area contributed by atoms with Crippen molar-refractivity contribution in [1.29, 1.82) is 5.41 Å². The summed E-state index contributed by atoms with van der Waals surface area (Å²) in [5, 5.41) is 10.0. The lowest BCUT2D eigenvalue weighted by molar-refractivity contribution is 0.554. The number of nitrogens with one attached hydrogen (secondary N) is 1. The minimum absolute atomic E-state index is 0.0733. The molecule has 1 fully saturated rings. The van der Waals surface area contributed by atoms with Gasteiger partial charge in [-0.1, -0.05) is 35.5 Å². The molecule has 5 heteroatoms. The number of halogens is 1. The van der Waals surface area contributed by atoms with Crippen molar-refractivity contribution in [3.05, 3.63) is 34.9 Å². The largest absolute Gasteiger partial charge is 0.308 e. The van der Waals surface area contributed by atoms with E-state index < -0.39 is 0 Å². The van der Waals surface area contributed by atoms with Crippen LogP contribution in [0.5, 0.6) is 0 Å². The summed E-state index contributed by atoms with van der Waals surface area (Å²) in [6, 6.07) is 7.74. The second-order valence-electron chi connectivity index (χ2n) is 4.10. The minimum atomic E-state index is 0.0733. The fourth-order valence-electron chi connectivity index (χ4n) is 2.08. The van der Waals surface area contributed by atoms with Crippen molar-refractivity contribution < 1.29 is 0 Å². The predicted octanol–water partition coefficient (Wildman–Crippen LogP) is 3.17. The van der Waals surface area contributed by atoms with E-state index in [0.717, 1.165) is 35.3 Å². The molecule has 2 heterocycles. The lowest BCUT2D eigenvalue weighted by Crippen LogP contribution is -2.33. The Bertz CT molecular complexity index is 483. The first kappa shape index (κ1) is 11.1. The molecule has 0 unspecified atom stereocenters. The summed E-state index contributed by atoms with van der Waals surface area (Å²) in [7, 11) is 0. The highest BCUT2D eigenvalue weighted by Crippen LogP contribution is 2.40. The molecule has 1 saturated heterocycles. The van der Waals surface area contributed by atoms with Crippen LogP contribution in [0, 0.1) is 5.41 Å². The van der Waals surface area contributed by atoms with Gasteiger partial charge < -0.3 is 4.90 Å². The van der Waals surface area contributed by atoms with Gasteiger partial charge in [0.15, 0.2) is 5.17 Å². The van der Waals surface area contributed by atoms with Crippen LogP contribution < -0.4 is 0 Å². The zero-order valence-corrected chi connectivity index (χ0v) is 10.8. The van der Waals surface area contributed by atoms with Crippen LogP contribution in [0.2, 0.25) is 5.02 Å². The van der Waals surface area contributed by atoms with Gasteiger partial charge in [-0.05, 0) is 24.1 Å². The number of rotatable bonds is 1. The van der Waals surface area contributed by atoms with E-state index in [0.29, 0.717) is 5.84 Å². The molecule has 0 saturated carbocycles. The highest BCUT2D eigenvalue weighted by molar-refractivity contribution is 8.15. The molecule has 2 aliphatic heterocycles. The molecule has 2 aliphatic rings. The Morgan fingerprint density at radius 3 is 2.82 bits per heavy atom. The van der Waals surface area contributed by atoms with Crippen molar-refractivity contribution in [2.45, 2.75) is 11.7 Å². The van der Waals surface area contributed by atoms with Crippen molar-refractivity contribution in [2.75, 3.05) is 13.1 Å². The highest BCUT2D eigenvalue weighted by Gasteiger charge is 2.36. The maximum atomic E-state index is 8.21.